The maximum Gasteiger partial charge on any atom is 0.223 e. The summed E-state index contributed by atoms with van der Waals surface area (Å²) in [5.74, 6) is 0.213. The van der Waals surface area contributed by atoms with Crippen LogP contribution >= 0.6 is 11.8 Å². The standard InChI is InChI=1S/C12H25N3OS/c1-14(2)11(16)4-7-15-8-5-12(10-13,17-3)6-9-15/h4-10,13H2,1-3H3. The van der Waals surface area contributed by atoms with E-state index in [2.05, 4.69) is 11.2 Å². The predicted molar refractivity (Wildman–Crippen MR) is 74.3 cm³/mol. The summed E-state index contributed by atoms with van der Waals surface area (Å²) in [7, 11) is 3.62. The van der Waals surface area contributed by atoms with Crippen LogP contribution in [0.2, 0.25) is 0 Å². The Balaban J connectivity index is 2.30. The highest BCUT2D eigenvalue weighted by Crippen LogP contribution is 2.33. The number of nitrogens with two attached hydrogens (primary N) is 1. The predicted octanol–water partition coefficient (Wildman–Crippen LogP) is 0.621. The molecule has 5 heteroatoms. The van der Waals surface area contributed by atoms with E-state index in [1.54, 1.807) is 4.90 Å². The second-order valence-corrected chi connectivity index (χ2v) is 6.25. The van der Waals surface area contributed by atoms with Gasteiger partial charge in [-0.15, -0.1) is 0 Å². The fraction of sp³-hybridized carbons (Fsp3) is 0.917. The zero-order valence-corrected chi connectivity index (χ0v) is 12.1. The summed E-state index contributed by atoms with van der Waals surface area (Å²) >= 11 is 1.90. The Morgan fingerprint density at radius 2 is 2.00 bits per heavy atom. The van der Waals surface area contributed by atoms with Gasteiger partial charge in [0.2, 0.25) is 5.91 Å². The molecule has 0 unspecified atom stereocenters. The molecule has 0 atom stereocenters. The molecule has 0 bridgehead atoms. The van der Waals surface area contributed by atoms with Crippen molar-refractivity contribution in [1.29, 1.82) is 0 Å². The van der Waals surface area contributed by atoms with Crippen molar-refractivity contribution in [2.24, 2.45) is 5.73 Å². The molecule has 1 rings (SSSR count). The molecule has 4 nitrogen and oxygen atoms in total. The first-order valence-corrected chi connectivity index (χ1v) is 7.43. The Morgan fingerprint density at radius 3 is 2.41 bits per heavy atom. The third kappa shape index (κ3) is 4.16. The average molecular weight is 259 g/mol. The van der Waals surface area contributed by atoms with Crippen molar-refractivity contribution in [2.45, 2.75) is 24.0 Å². The number of rotatable bonds is 5. The van der Waals surface area contributed by atoms with Crippen LogP contribution in [0, 0.1) is 0 Å². The second-order valence-electron chi connectivity index (χ2n) is 4.97. The molecule has 0 saturated carbocycles. The zero-order chi connectivity index (χ0) is 12.9. The first-order chi connectivity index (χ1) is 8.03. The van der Waals surface area contributed by atoms with Crippen molar-refractivity contribution in [3.63, 3.8) is 0 Å². The quantitative estimate of drug-likeness (QED) is 0.786. The van der Waals surface area contributed by atoms with Gasteiger partial charge in [0.15, 0.2) is 0 Å². The molecule has 0 aliphatic carbocycles. The third-order valence-corrected chi connectivity index (χ3v) is 5.15. The number of carbonyl (C=O) groups is 1. The van der Waals surface area contributed by atoms with Crippen LogP contribution in [0.3, 0.4) is 0 Å². The van der Waals surface area contributed by atoms with Crippen LogP contribution in [0.15, 0.2) is 0 Å². The largest absolute Gasteiger partial charge is 0.349 e. The Hall–Kier alpha value is -0.260. The maximum atomic E-state index is 11.5. The fourth-order valence-electron chi connectivity index (χ4n) is 2.15. The van der Waals surface area contributed by atoms with Gasteiger partial charge in [-0.2, -0.15) is 11.8 Å². The molecule has 1 heterocycles. The highest BCUT2D eigenvalue weighted by atomic mass is 32.2. The van der Waals surface area contributed by atoms with Crippen molar-refractivity contribution >= 4 is 17.7 Å². The van der Waals surface area contributed by atoms with Gasteiger partial charge in [-0.05, 0) is 32.2 Å². The Morgan fingerprint density at radius 1 is 1.41 bits per heavy atom. The summed E-state index contributed by atoms with van der Waals surface area (Å²) in [5, 5.41) is 0. The van der Waals surface area contributed by atoms with Gasteiger partial charge in [-0.3, -0.25) is 4.79 Å². The van der Waals surface area contributed by atoms with Crippen molar-refractivity contribution < 1.29 is 4.79 Å². The minimum absolute atomic E-state index is 0.213. The lowest BCUT2D eigenvalue weighted by Crippen LogP contribution is -2.47. The molecule has 1 amide bonds. The SMILES string of the molecule is CSC1(CN)CCN(CCC(=O)N(C)C)CC1. The van der Waals surface area contributed by atoms with Crippen LogP contribution in [0.25, 0.3) is 0 Å². The maximum absolute atomic E-state index is 11.5. The van der Waals surface area contributed by atoms with E-state index in [0.29, 0.717) is 6.42 Å². The summed E-state index contributed by atoms with van der Waals surface area (Å²) in [4.78, 5) is 15.5. The van der Waals surface area contributed by atoms with Crippen molar-refractivity contribution in [1.82, 2.24) is 9.80 Å². The summed E-state index contributed by atoms with van der Waals surface area (Å²) in [5.41, 5.74) is 5.86. The smallest absolute Gasteiger partial charge is 0.223 e. The minimum atomic E-state index is 0.213. The summed E-state index contributed by atoms with van der Waals surface area (Å²) < 4.78 is 0.280. The van der Waals surface area contributed by atoms with Gasteiger partial charge in [0.05, 0.1) is 0 Å². The van der Waals surface area contributed by atoms with Gasteiger partial charge in [-0.25, -0.2) is 0 Å². The molecule has 2 N–H and O–H groups in total. The number of likely N-dealkylation sites (tertiary alicyclic amines) is 1. The van der Waals surface area contributed by atoms with E-state index < -0.39 is 0 Å². The van der Waals surface area contributed by atoms with Crippen LogP contribution < -0.4 is 5.73 Å². The van der Waals surface area contributed by atoms with Crippen molar-refractivity contribution in [3.8, 4) is 0 Å². The first kappa shape index (κ1) is 14.8. The molecule has 1 aliphatic heterocycles. The molecule has 0 spiro atoms. The van der Waals surface area contributed by atoms with Gasteiger partial charge in [0.1, 0.15) is 0 Å². The molecule has 0 aromatic carbocycles. The first-order valence-electron chi connectivity index (χ1n) is 6.21. The van der Waals surface area contributed by atoms with Crippen LogP contribution in [0.1, 0.15) is 19.3 Å². The molecule has 1 saturated heterocycles. The molecule has 1 fully saturated rings. The number of nitrogens with zero attached hydrogens (tertiary/aromatic N) is 2. The number of hydrogen-bond donors (Lipinski definition) is 1. The summed E-state index contributed by atoms with van der Waals surface area (Å²) in [6.07, 6.45) is 5.06. The monoisotopic (exact) mass is 259 g/mol. The molecule has 0 aromatic rings. The lowest BCUT2D eigenvalue weighted by Gasteiger charge is -2.40. The number of carbonyl (C=O) groups excluding carboxylic acids is 1. The summed E-state index contributed by atoms with van der Waals surface area (Å²) in [6.45, 7) is 3.78. The van der Waals surface area contributed by atoms with E-state index in [4.69, 9.17) is 5.73 Å². The van der Waals surface area contributed by atoms with Gasteiger partial charge >= 0.3 is 0 Å². The molecule has 100 valence electrons. The van der Waals surface area contributed by atoms with Crippen molar-refractivity contribution in [3.05, 3.63) is 0 Å². The van der Waals surface area contributed by atoms with Gasteiger partial charge in [0, 0.05) is 38.4 Å². The normalized spacial score (nSPS) is 20.2. The Bertz CT molecular complexity index is 244. The highest BCUT2D eigenvalue weighted by Gasteiger charge is 2.32. The van der Waals surface area contributed by atoms with E-state index in [1.165, 1.54) is 0 Å². The number of piperidine rings is 1. The van der Waals surface area contributed by atoms with E-state index in [1.807, 2.05) is 25.9 Å². The van der Waals surface area contributed by atoms with Gasteiger partial charge < -0.3 is 15.5 Å². The highest BCUT2D eigenvalue weighted by molar-refractivity contribution is 8.00. The fourth-order valence-corrected chi connectivity index (χ4v) is 2.91. The zero-order valence-electron chi connectivity index (χ0n) is 11.2. The second kappa shape index (κ2) is 6.61. The lowest BCUT2D eigenvalue weighted by atomic mass is 9.95. The molecule has 0 radical (unpaired) electrons. The van der Waals surface area contributed by atoms with Gasteiger partial charge in [0.25, 0.3) is 0 Å². The van der Waals surface area contributed by atoms with Crippen LogP contribution in [-0.4, -0.2) is 67.0 Å². The van der Waals surface area contributed by atoms with Crippen LogP contribution in [0.5, 0.6) is 0 Å². The van der Waals surface area contributed by atoms with Crippen molar-refractivity contribution in [2.75, 3.05) is 46.5 Å². The molecule has 1 aliphatic rings. The molecular formula is C12H25N3OS. The van der Waals surface area contributed by atoms with E-state index in [-0.39, 0.29) is 10.7 Å². The molecule has 0 aromatic heterocycles. The van der Waals surface area contributed by atoms with E-state index in [0.717, 1.165) is 39.0 Å². The van der Waals surface area contributed by atoms with E-state index in [9.17, 15) is 4.79 Å². The third-order valence-electron chi connectivity index (χ3n) is 3.71. The number of hydrogen-bond acceptors (Lipinski definition) is 4. The lowest BCUT2D eigenvalue weighted by molar-refractivity contribution is -0.129. The Labute approximate surface area is 109 Å². The Kier molecular flexibility index (Phi) is 5.76. The average Bonchev–Trinajstić information content (AvgIpc) is 2.36. The van der Waals surface area contributed by atoms with Crippen LogP contribution in [0.4, 0.5) is 0 Å². The molecular weight excluding hydrogens is 234 g/mol. The number of amides is 1. The van der Waals surface area contributed by atoms with Crippen LogP contribution in [-0.2, 0) is 4.79 Å². The van der Waals surface area contributed by atoms with E-state index >= 15 is 0 Å². The minimum Gasteiger partial charge on any atom is -0.349 e. The molecule has 17 heavy (non-hydrogen) atoms. The number of thioether (sulfide) groups is 1. The summed E-state index contributed by atoms with van der Waals surface area (Å²) in [6, 6.07) is 0. The van der Waals surface area contributed by atoms with Gasteiger partial charge in [-0.1, -0.05) is 0 Å². The topological polar surface area (TPSA) is 49.6 Å².